The average molecular weight is 373 g/mol. The second kappa shape index (κ2) is 6.15. The fraction of sp³-hybridized carbons (Fsp3) is 0.385. The van der Waals surface area contributed by atoms with Gasteiger partial charge in [0.05, 0.1) is 4.92 Å². The minimum atomic E-state index is -0.494. The van der Waals surface area contributed by atoms with E-state index >= 15 is 0 Å². The van der Waals surface area contributed by atoms with Gasteiger partial charge >= 0.3 is 0 Å². The molecule has 1 fully saturated rings. The zero-order valence-corrected chi connectivity index (χ0v) is 13.9. The maximum absolute atomic E-state index is 12.1. The first-order chi connectivity index (χ1) is 9.79. The van der Waals surface area contributed by atoms with Crippen molar-refractivity contribution in [2.45, 2.75) is 25.5 Å². The van der Waals surface area contributed by atoms with E-state index in [0.29, 0.717) is 22.3 Å². The zero-order valence-electron chi connectivity index (χ0n) is 11.5. The Morgan fingerprint density at radius 2 is 2.19 bits per heavy atom. The lowest BCUT2D eigenvalue weighted by Gasteiger charge is -2.19. The highest BCUT2D eigenvalue weighted by Crippen LogP contribution is 2.38. The summed E-state index contributed by atoms with van der Waals surface area (Å²) in [4.78, 5) is 35.5. The smallest absolute Gasteiger partial charge is 0.294 e. The minimum absolute atomic E-state index is 0.0586. The van der Waals surface area contributed by atoms with Crippen molar-refractivity contribution in [3.05, 3.63) is 32.3 Å². The molecule has 1 unspecified atom stereocenters. The number of nitro benzene ring substituents is 1. The molecule has 1 saturated heterocycles. The van der Waals surface area contributed by atoms with Crippen LogP contribution >= 0.6 is 27.7 Å². The van der Waals surface area contributed by atoms with Crippen LogP contribution in [-0.2, 0) is 9.59 Å². The number of carbonyl (C=O) groups is 2. The average Bonchev–Trinajstić information content (AvgIpc) is 2.67. The molecular formula is C13H13BrN2O4S. The van der Waals surface area contributed by atoms with Gasteiger partial charge in [-0.1, -0.05) is 27.7 Å². The number of aryl methyl sites for hydroxylation is 1. The lowest BCUT2D eigenvalue weighted by Crippen LogP contribution is -2.26. The standard InChI is InChI=1S/C13H13BrN2O4S/c1-7-3-9(14)4-11(16(19)20)13(7)15-6-10(5-12(15)18)21-8(2)17/h3-4,10H,5-6H2,1-2H3. The molecule has 8 heteroatoms. The zero-order chi connectivity index (χ0) is 15.7. The van der Waals surface area contributed by atoms with Crippen molar-refractivity contribution in [1.29, 1.82) is 0 Å². The highest BCUT2D eigenvalue weighted by Gasteiger charge is 2.36. The predicted octanol–water partition coefficient (Wildman–Crippen LogP) is 3.05. The summed E-state index contributed by atoms with van der Waals surface area (Å²) < 4.78 is 0.594. The van der Waals surface area contributed by atoms with Gasteiger partial charge in [-0.2, -0.15) is 0 Å². The van der Waals surface area contributed by atoms with E-state index in [1.54, 1.807) is 13.0 Å². The first kappa shape index (κ1) is 16.0. The van der Waals surface area contributed by atoms with Crippen LogP contribution < -0.4 is 4.90 Å². The molecule has 1 aromatic rings. The number of benzene rings is 1. The number of anilines is 1. The third-order valence-corrected chi connectivity index (χ3v) is 4.57. The van der Waals surface area contributed by atoms with Crippen LogP contribution in [0.5, 0.6) is 0 Å². The van der Waals surface area contributed by atoms with E-state index in [-0.39, 0.29) is 28.4 Å². The maximum Gasteiger partial charge on any atom is 0.294 e. The van der Waals surface area contributed by atoms with Gasteiger partial charge in [-0.3, -0.25) is 19.7 Å². The number of rotatable bonds is 3. The van der Waals surface area contributed by atoms with Crippen LogP contribution in [-0.4, -0.2) is 27.7 Å². The van der Waals surface area contributed by atoms with E-state index in [1.165, 1.54) is 17.9 Å². The first-order valence-electron chi connectivity index (χ1n) is 6.21. The molecule has 1 amide bonds. The molecule has 0 spiro atoms. The number of hydrogen-bond acceptors (Lipinski definition) is 5. The van der Waals surface area contributed by atoms with Crippen LogP contribution in [0.2, 0.25) is 0 Å². The lowest BCUT2D eigenvalue weighted by atomic mass is 10.1. The van der Waals surface area contributed by atoms with Gasteiger partial charge in [0.2, 0.25) is 5.91 Å². The number of nitro groups is 1. The summed E-state index contributed by atoms with van der Waals surface area (Å²) in [5, 5.41) is 11.0. The molecule has 112 valence electrons. The fourth-order valence-corrected chi connectivity index (χ4v) is 3.89. The maximum atomic E-state index is 12.1. The van der Waals surface area contributed by atoms with Gasteiger partial charge in [0.15, 0.2) is 5.12 Å². The quantitative estimate of drug-likeness (QED) is 0.601. The summed E-state index contributed by atoms with van der Waals surface area (Å²) in [5.41, 5.74) is 0.862. The number of hydrogen-bond donors (Lipinski definition) is 0. The number of carbonyl (C=O) groups excluding carboxylic acids is 2. The van der Waals surface area contributed by atoms with Crippen molar-refractivity contribution < 1.29 is 14.5 Å². The van der Waals surface area contributed by atoms with Crippen molar-refractivity contribution in [3.63, 3.8) is 0 Å². The Bertz CT molecular complexity index is 635. The highest BCUT2D eigenvalue weighted by molar-refractivity contribution is 9.10. The summed E-state index contributed by atoms with van der Waals surface area (Å²) in [6.45, 7) is 3.49. The Balaban J connectivity index is 2.40. The van der Waals surface area contributed by atoms with Gasteiger partial charge in [-0.25, -0.2) is 0 Å². The Hall–Kier alpha value is -1.41. The molecule has 0 radical (unpaired) electrons. The van der Waals surface area contributed by atoms with E-state index < -0.39 is 4.92 Å². The predicted molar refractivity (Wildman–Crippen MR) is 84.6 cm³/mol. The van der Waals surface area contributed by atoms with Crippen molar-refractivity contribution >= 4 is 50.1 Å². The molecule has 6 nitrogen and oxygen atoms in total. The molecule has 21 heavy (non-hydrogen) atoms. The monoisotopic (exact) mass is 372 g/mol. The van der Waals surface area contributed by atoms with Gasteiger partial charge in [-0.05, 0) is 18.6 Å². The molecule has 2 rings (SSSR count). The van der Waals surface area contributed by atoms with Crippen LogP contribution in [0.1, 0.15) is 18.9 Å². The third kappa shape index (κ3) is 3.44. The third-order valence-electron chi connectivity index (χ3n) is 3.13. The van der Waals surface area contributed by atoms with Crippen molar-refractivity contribution in [3.8, 4) is 0 Å². The molecule has 0 bridgehead atoms. The largest absolute Gasteiger partial charge is 0.305 e. The SMILES string of the molecule is CC(=O)SC1CC(=O)N(c2c(C)cc(Br)cc2[N+](=O)[O-])C1. The summed E-state index contributed by atoms with van der Waals surface area (Å²) in [6.07, 6.45) is 0.219. The minimum Gasteiger partial charge on any atom is -0.305 e. The Morgan fingerprint density at radius 1 is 1.52 bits per heavy atom. The number of thioether (sulfide) groups is 1. The summed E-state index contributed by atoms with van der Waals surface area (Å²) >= 11 is 4.33. The summed E-state index contributed by atoms with van der Waals surface area (Å²) in [7, 11) is 0. The van der Waals surface area contributed by atoms with Crippen LogP contribution in [0.4, 0.5) is 11.4 Å². The summed E-state index contributed by atoms with van der Waals surface area (Å²) in [5.74, 6) is -0.192. The fourth-order valence-electron chi connectivity index (χ4n) is 2.41. The number of amides is 1. The van der Waals surface area contributed by atoms with Gasteiger partial charge in [-0.15, -0.1) is 0 Å². The van der Waals surface area contributed by atoms with Crippen LogP contribution in [0.3, 0.4) is 0 Å². The van der Waals surface area contributed by atoms with Gasteiger partial charge in [0.25, 0.3) is 5.69 Å². The van der Waals surface area contributed by atoms with E-state index in [9.17, 15) is 19.7 Å². The molecule has 0 aromatic heterocycles. The Labute approximate surface area is 134 Å². The second-order valence-electron chi connectivity index (χ2n) is 4.79. The van der Waals surface area contributed by atoms with E-state index in [4.69, 9.17) is 0 Å². The topological polar surface area (TPSA) is 80.5 Å². The molecule has 1 atom stereocenters. The summed E-state index contributed by atoms with van der Waals surface area (Å²) in [6, 6.07) is 3.13. The molecule has 0 saturated carbocycles. The van der Waals surface area contributed by atoms with Crippen LogP contribution in [0, 0.1) is 17.0 Å². The molecular weight excluding hydrogens is 360 g/mol. The highest BCUT2D eigenvalue weighted by atomic mass is 79.9. The Morgan fingerprint density at radius 3 is 2.76 bits per heavy atom. The molecule has 1 heterocycles. The van der Waals surface area contributed by atoms with Gasteiger partial charge in [0, 0.05) is 35.7 Å². The molecule has 1 aliphatic rings. The number of nitrogens with zero attached hydrogens (tertiary/aromatic N) is 2. The van der Waals surface area contributed by atoms with Crippen molar-refractivity contribution in [1.82, 2.24) is 0 Å². The van der Waals surface area contributed by atoms with E-state index in [0.717, 1.165) is 11.8 Å². The molecule has 1 aromatic carbocycles. The van der Waals surface area contributed by atoms with Crippen LogP contribution in [0.25, 0.3) is 0 Å². The normalized spacial score (nSPS) is 18.1. The second-order valence-corrected chi connectivity index (χ2v) is 7.18. The molecule has 1 aliphatic heterocycles. The van der Waals surface area contributed by atoms with E-state index in [1.807, 2.05) is 0 Å². The van der Waals surface area contributed by atoms with Crippen molar-refractivity contribution in [2.24, 2.45) is 0 Å². The van der Waals surface area contributed by atoms with Gasteiger partial charge in [0.1, 0.15) is 5.69 Å². The molecule has 0 aliphatic carbocycles. The molecule has 0 N–H and O–H groups in total. The van der Waals surface area contributed by atoms with E-state index in [2.05, 4.69) is 15.9 Å². The lowest BCUT2D eigenvalue weighted by molar-refractivity contribution is -0.384. The van der Waals surface area contributed by atoms with Crippen molar-refractivity contribution in [2.75, 3.05) is 11.4 Å². The van der Waals surface area contributed by atoms with Crippen LogP contribution in [0.15, 0.2) is 16.6 Å². The Kier molecular flexibility index (Phi) is 4.67. The van der Waals surface area contributed by atoms with Gasteiger partial charge < -0.3 is 4.90 Å². The first-order valence-corrected chi connectivity index (χ1v) is 7.89. The number of halogens is 1.